The molecule has 2 nitrogen and oxygen atoms in total. The zero-order valence-electron chi connectivity index (χ0n) is 3.56. The van der Waals surface area contributed by atoms with Gasteiger partial charge in [-0.2, -0.15) is 5.12 Å². The van der Waals surface area contributed by atoms with Crippen LogP contribution in [0.4, 0.5) is 4.48 Å². The van der Waals surface area contributed by atoms with Crippen LogP contribution >= 0.6 is 11.8 Å². The predicted octanol–water partition coefficient (Wildman–Crippen LogP) is 0.404. The van der Waals surface area contributed by atoms with Crippen LogP contribution in [0.15, 0.2) is 0 Å². The van der Waals surface area contributed by atoms with E-state index in [2.05, 4.69) is 0 Å². The van der Waals surface area contributed by atoms with E-state index in [1.54, 1.807) is 0 Å². The van der Waals surface area contributed by atoms with Crippen molar-refractivity contribution in [2.75, 3.05) is 11.6 Å². The number of amides is 1. The van der Waals surface area contributed by atoms with E-state index >= 15 is 0 Å². The number of hydrogen-bond donors (Lipinski definition) is 0. The summed E-state index contributed by atoms with van der Waals surface area (Å²) in [5.41, 5.74) is 0. The fourth-order valence-electron chi connectivity index (χ4n) is 0.355. The Kier molecular flexibility index (Phi) is 1.19. The summed E-state index contributed by atoms with van der Waals surface area (Å²) >= 11 is 1.29. The van der Waals surface area contributed by atoms with Crippen molar-refractivity contribution in [3.8, 4) is 0 Å². The van der Waals surface area contributed by atoms with E-state index in [1.807, 2.05) is 0 Å². The first-order valence-electron chi connectivity index (χ1n) is 1.84. The Hall–Kier alpha value is -0.250. The lowest BCUT2D eigenvalue weighted by atomic mass is 10.7. The molecule has 1 rings (SSSR count). The molecule has 1 amide bonds. The van der Waals surface area contributed by atoms with Gasteiger partial charge in [-0.3, -0.25) is 4.79 Å². The SMILES string of the molecule is O=C1CSCN1F. The number of carbonyl (C=O) groups is 1. The van der Waals surface area contributed by atoms with Crippen LogP contribution in [0, 0.1) is 0 Å². The summed E-state index contributed by atoms with van der Waals surface area (Å²) in [7, 11) is 0. The quantitative estimate of drug-likeness (QED) is 0.432. The monoisotopic (exact) mass is 121 g/mol. The molecule has 0 N–H and O–H groups in total. The second kappa shape index (κ2) is 1.69. The highest BCUT2D eigenvalue weighted by Crippen LogP contribution is 2.13. The van der Waals surface area contributed by atoms with Crippen LogP contribution < -0.4 is 0 Å². The molecule has 0 aromatic carbocycles. The summed E-state index contributed by atoms with van der Waals surface area (Å²) in [6, 6.07) is 0. The van der Waals surface area contributed by atoms with E-state index in [-0.39, 0.29) is 11.0 Å². The van der Waals surface area contributed by atoms with Crippen LogP contribution in [0.1, 0.15) is 0 Å². The lowest BCUT2D eigenvalue weighted by Crippen LogP contribution is -2.14. The van der Waals surface area contributed by atoms with Crippen molar-refractivity contribution in [2.24, 2.45) is 0 Å². The molecule has 7 heavy (non-hydrogen) atoms. The summed E-state index contributed by atoms with van der Waals surface area (Å²) in [5.74, 6) is 0.0972. The molecule has 0 radical (unpaired) electrons. The summed E-state index contributed by atoms with van der Waals surface area (Å²) in [6.45, 7) is 0. The topological polar surface area (TPSA) is 20.3 Å². The Balaban J connectivity index is 2.48. The maximum Gasteiger partial charge on any atom is 0.261 e. The predicted molar refractivity (Wildman–Crippen MR) is 25.3 cm³/mol. The van der Waals surface area contributed by atoms with Crippen LogP contribution in [0.5, 0.6) is 0 Å². The second-order valence-electron chi connectivity index (χ2n) is 1.23. The van der Waals surface area contributed by atoms with Crippen molar-refractivity contribution in [1.29, 1.82) is 0 Å². The average Bonchev–Trinajstić information content (AvgIpc) is 1.91. The van der Waals surface area contributed by atoms with E-state index in [0.29, 0.717) is 5.75 Å². The van der Waals surface area contributed by atoms with Crippen LogP contribution in [0.3, 0.4) is 0 Å². The van der Waals surface area contributed by atoms with Crippen molar-refractivity contribution in [1.82, 2.24) is 5.12 Å². The van der Waals surface area contributed by atoms with Gasteiger partial charge in [0.25, 0.3) is 5.91 Å². The van der Waals surface area contributed by atoms with Crippen molar-refractivity contribution in [3.05, 3.63) is 0 Å². The third-order valence-electron chi connectivity index (χ3n) is 0.701. The minimum atomic E-state index is -0.412. The highest BCUT2D eigenvalue weighted by molar-refractivity contribution is 8.00. The largest absolute Gasteiger partial charge is 0.271 e. The summed E-state index contributed by atoms with van der Waals surface area (Å²) in [5, 5.41) is 0.227. The normalized spacial score (nSPS) is 21.3. The van der Waals surface area contributed by atoms with Crippen molar-refractivity contribution < 1.29 is 9.28 Å². The van der Waals surface area contributed by atoms with Crippen LogP contribution in [0.2, 0.25) is 0 Å². The number of carbonyl (C=O) groups excluding carboxylic acids is 1. The molecule has 1 saturated heterocycles. The van der Waals surface area contributed by atoms with Gasteiger partial charge in [-0.1, -0.05) is 4.48 Å². The Morgan fingerprint density at radius 1 is 1.86 bits per heavy atom. The van der Waals surface area contributed by atoms with Gasteiger partial charge in [0.15, 0.2) is 0 Å². The number of rotatable bonds is 0. The van der Waals surface area contributed by atoms with Crippen LogP contribution in [-0.2, 0) is 4.79 Å². The molecule has 0 spiro atoms. The van der Waals surface area contributed by atoms with Crippen LogP contribution in [-0.4, -0.2) is 22.7 Å². The Labute approximate surface area is 44.6 Å². The first-order chi connectivity index (χ1) is 3.30. The van der Waals surface area contributed by atoms with Gasteiger partial charge in [-0.05, 0) is 0 Å². The molecule has 1 fully saturated rings. The lowest BCUT2D eigenvalue weighted by molar-refractivity contribution is -0.139. The van der Waals surface area contributed by atoms with E-state index in [4.69, 9.17) is 0 Å². The molecule has 1 aliphatic heterocycles. The molecule has 0 atom stereocenters. The molecule has 0 aromatic rings. The fourth-order valence-corrected chi connectivity index (χ4v) is 1.07. The van der Waals surface area contributed by atoms with Gasteiger partial charge in [0, 0.05) is 0 Å². The zero-order chi connectivity index (χ0) is 5.28. The van der Waals surface area contributed by atoms with Gasteiger partial charge in [0.05, 0.1) is 11.6 Å². The van der Waals surface area contributed by atoms with Gasteiger partial charge in [0.1, 0.15) is 0 Å². The third-order valence-corrected chi connectivity index (χ3v) is 1.56. The molecule has 1 heterocycles. The molecule has 40 valence electrons. The lowest BCUT2D eigenvalue weighted by Gasteiger charge is -1.94. The zero-order valence-corrected chi connectivity index (χ0v) is 4.37. The molecule has 4 heteroatoms. The maximum absolute atomic E-state index is 11.8. The van der Waals surface area contributed by atoms with E-state index in [9.17, 15) is 9.28 Å². The van der Waals surface area contributed by atoms with Crippen molar-refractivity contribution >= 4 is 17.7 Å². The molecule has 0 aliphatic carbocycles. The van der Waals surface area contributed by atoms with Crippen molar-refractivity contribution in [3.63, 3.8) is 0 Å². The van der Waals surface area contributed by atoms with Gasteiger partial charge in [-0.15, -0.1) is 11.8 Å². The van der Waals surface area contributed by atoms with E-state index in [1.165, 1.54) is 11.8 Å². The minimum Gasteiger partial charge on any atom is -0.271 e. The molecule has 0 aromatic heterocycles. The van der Waals surface area contributed by atoms with Gasteiger partial charge >= 0.3 is 0 Å². The van der Waals surface area contributed by atoms with Gasteiger partial charge in [0.2, 0.25) is 0 Å². The Bertz CT molecular complexity index is 96.9. The second-order valence-corrected chi connectivity index (χ2v) is 2.19. The first kappa shape index (κ1) is 4.90. The molecule has 0 bridgehead atoms. The highest BCUT2D eigenvalue weighted by atomic mass is 32.2. The summed E-state index contributed by atoms with van der Waals surface area (Å²) in [6.07, 6.45) is 0. The van der Waals surface area contributed by atoms with Gasteiger partial charge in [-0.25, -0.2) is 0 Å². The number of hydrogen-bond acceptors (Lipinski definition) is 2. The first-order valence-corrected chi connectivity index (χ1v) is 3.00. The third kappa shape index (κ3) is 0.851. The summed E-state index contributed by atoms with van der Waals surface area (Å²) < 4.78 is 11.8. The minimum absolute atomic E-state index is 0.207. The molecule has 0 saturated carbocycles. The smallest absolute Gasteiger partial charge is 0.261 e. The maximum atomic E-state index is 11.8. The average molecular weight is 121 g/mol. The fraction of sp³-hybridized carbons (Fsp3) is 0.667. The summed E-state index contributed by atoms with van der Waals surface area (Å²) in [4.78, 5) is 10.1. The van der Waals surface area contributed by atoms with E-state index < -0.39 is 5.91 Å². The highest BCUT2D eigenvalue weighted by Gasteiger charge is 2.19. The molecule has 0 unspecified atom stereocenters. The Morgan fingerprint density at radius 3 is 2.71 bits per heavy atom. The van der Waals surface area contributed by atoms with Gasteiger partial charge < -0.3 is 0 Å². The van der Waals surface area contributed by atoms with E-state index in [0.717, 1.165) is 0 Å². The number of nitrogens with zero attached hydrogens (tertiary/aromatic N) is 1. The Morgan fingerprint density at radius 2 is 2.57 bits per heavy atom. The molecular weight excluding hydrogens is 117 g/mol. The standard InChI is InChI=1S/C3H4FNOS/c4-5-2-7-1-3(5)6/h1-2H2. The number of thioether (sulfide) groups is 1. The van der Waals surface area contributed by atoms with Crippen molar-refractivity contribution in [2.45, 2.75) is 0 Å². The molecule has 1 aliphatic rings. The molecular formula is C3H4FNOS. The van der Waals surface area contributed by atoms with Crippen LogP contribution in [0.25, 0.3) is 0 Å². The number of halogens is 1.